The van der Waals surface area contributed by atoms with Crippen LogP contribution in [-0.2, 0) is 9.59 Å². The van der Waals surface area contributed by atoms with Gasteiger partial charge in [0, 0.05) is 6.54 Å². The number of amides is 2. The maximum Gasteiger partial charge on any atom is 0.245 e. The molecule has 0 aromatic rings. The highest BCUT2D eigenvalue weighted by Gasteiger charge is 2.39. The van der Waals surface area contributed by atoms with Crippen LogP contribution in [0.25, 0.3) is 0 Å². The SMILES string of the molecule is CCCCCCCN1C(=O)C(C)NC(=O)C1C(C)C. The standard InChI is InChI=1S/C15H28N2O2/c1-5-6-7-8-9-10-17-13(11(2)3)14(18)16-12(4)15(17)19/h11-13H,5-10H2,1-4H3,(H,16,18). The first kappa shape index (κ1) is 16.0. The quantitative estimate of drug-likeness (QED) is 0.720. The van der Waals surface area contributed by atoms with Gasteiger partial charge < -0.3 is 10.2 Å². The minimum Gasteiger partial charge on any atom is -0.343 e. The minimum absolute atomic E-state index is 0.00402. The summed E-state index contributed by atoms with van der Waals surface area (Å²) >= 11 is 0. The highest BCUT2D eigenvalue weighted by Crippen LogP contribution is 2.18. The first-order valence-corrected chi connectivity index (χ1v) is 7.59. The summed E-state index contributed by atoms with van der Waals surface area (Å²) in [5, 5.41) is 2.77. The van der Waals surface area contributed by atoms with Crippen LogP contribution in [0.3, 0.4) is 0 Å². The van der Waals surface area contributed by atoms with Gasteiger partial charge in [-0.25, -0.2) is 0 Å². The molecule has 19 heavy (non-hydrogen) atoms. The van der Waals surface area contributed by atoms with Crippen LogP contribution in [0.2, 0.25) is 0 Å². The molecule has 1 fully saturated rings. The Balaban J connectivity index is 2.57. The second-order valence-electron chi connectivity index (χ2n) is 5.86. The van der Waals surface area contributed by atoms with E-state index in [1.807, 2.05) is 13.8 Å². The van der Waals surface area contributed by atoms with Gasteiger partial charge in [-0.15, -0.1) is 0 Å². The topological polar surface area (TPSA) is 49.4 Å². The van der Waals surface area contributed by atoms with Crippen LogP contribution in [0.1, 0.15) is 59.8 Å². The fourth-order valence-electron chi connectivity index (χ4n) is 2.69. The van der Waals surface area contributed by atoms with E-state index in [9.17, 15) is 9.59 Å². The number of hydrogen-bond acceptors (Lipinski definition) is 2. The fraction of sp³-hybridized carbons (Fsp3) is 0.867. The molecule has 0 bridgehead atoms. The van der Waals surface area contributed by atoms with E-state index >= 15 is 0 Å². The molecule has 0 aromatic carbocycles. The van der Waals surface area contributed by atoms with Crippen molar-refractivity contribution in [3.8, 4) is 0 Å². The summed E-state index contributed by atoms with van der Waals surface area (Å²) in [7, 11) is 0. The zero-order valence-corrected chi connectivity index (χ0v) is 12.7. The predicted octanol–water partition coefficient (Wildman–Crippen LogP) is 2.33. The Morgan fingerprint density at radius 3 is 2.37 bits per heavy atom. The van der Waals surface area contributed by atoms with Crippen molar-refractivity contribution in [3.05, 3.63) is 0 Å². The molecular formula is C15H28N2O2. The van der Waals surface area contributed by atoms with E-state index in [-0.39, 0.29) is 29.8 Å². The molecule has 0 spiro atoms. The molecule has 1 rings (SSSR count). The van der Waals surface area contributed by atoms with E-state index in [2.05, 4.69) is 12.2 Å². The molecule has 2 unspecified atom stereocenters. The van der Waals surface area contributed by atoms with Crippen molar-refractivity contribution in [2.75, 3.05) is 6.54 Å². The van der Waals surface area contributed by atoms with Gasteiger partial charge in [0.05, 0.1) is 0 Å². The molecule has 0 aliphatic carbocycles. The van der Waals surface area contributed by atoms with Crippen LogP contribution in [0.15, 0.2) is 0 Å². The van der Waals surface area contributed by atoms with Crippen molar-refractivity contribution in [2.24, 2.45) is 5.92 Å². The Morgan fingerprint density at radius 1 is 1.16 bits per heavy atom. The maximum atomic E-state index is 12.2. The Morgan fingerprint density at radius 2 is 1.79 bits per heavy atom. The summed E-state index contributed by atoms with van der Waals surface area (Å²) in [5.74, 6) is 0.219. The second kappa shape index (κ2) is 7.51. The summed E-state index contributed by atoms with van der Waals surface area (Å²) < 4.78 is 0. The van der Waals surface area contributed by atoms with Gasteiger partial charge in [-0.2, -0.15) is 0 Å². The van der Waals surface area contributed by atoms with Gasteiger partial charge in [-0.05, 0) is 19.3 Å². The van der Waals surface area contributed by atoms with Crippen molar-refractivity contribution in [1.82, 2.24) is 10.2 Å². The molecule has 0 aromatic heterocycles. The smallest absolute Gasteiger partial charge is 0.245 e. The van der Waals surface area contributed by atoms with Crippen molar-refractivity contribution in [2.45, 2.75) is 71.9 Å². The monoisotopic (exact) mass is 268 g/mol. The third kappa shape index (κ3) is 4.22. The lowest BCUT2D eigenvalue weighted by atomic mass is 9.97. The molecule has 110 valence electrons. The van der Waals surface area contributed by atoms with Crippen molar-refractivity contribution in [3.63, 3.8) is 0 Å². The van der Waals surface area contributed by atoms with Gasteiger partial charge in [-0.3, -0.25) is 9.59 Å². The summed E-state index contributed by atoms with van der Waals surface area (Å²) in [5.41, 5.74) is 0. The Bertz CT molecular complexity index is 315. The third-order valence-corrected chi connectivity index (χ3v) is 3.75. The molecule has 2 amide bonds. The molecule has 4 heteroatoms. The van der Waals surface area contributed by atoms with Crippen LogP contribution < -0.4 is 5.32 Å². The molecule has 2 atom stereocenters. The molecule has 4 nitrogen and oxygen atoms in total. The summed E-state index contributed by atoms with van der Waals surface area (Å²) in [6.07, 6.45) is 5.81. The predicted molar refractivity (Wildman–Crippen MR) is 76.7 cm³/mol. The van der Waals surface area contributed by atoms with Crippen LogP contribution >= 0.6 is 0 Å². The van der Waals surface area contributed by atoms with Gasteiger partial charge in [0.2, 0.25) is 11.8 Å². The Kier molecular flexibility index (Phi) is 6.32. The van der Waals surface area contributed by atoms with Crippen LogP contribution in [0.4, 0.5) is 0 Å². The van der Waals surface area contributed by atoms with Gasteiger partial charge in [0.1, 0.15) is 12.1 Å². The third-order valence-electron chi connectivity index (χ3n) is 3.75. The van der Waals surface area contributed by atoms with Crippen molar-refractivity contribution >= 4 is 11.8 Å². The van der Waals surface area contributed by atoms with Crippen LogP contribution in [-0.4, -0.2) is 35.3 Å². The number of rotatable bonds is 7. The highest BCUT2D eigenvalue weighted by molar-refractivity contribution is 5.96. The molecule has 1 aliphatic heterocycles. The van der Waals surface area contributed by atoms with Gasteiger partial charge in [0.25, 0.3) is 0 Å². The average molecular weight is 268 g/mol. The molecule has 1 N–H and O–H groups in total. The normalized spacial score (nSPS) is 23.9. The fourth-order valence-corrected chi connectivity index (χ4v) is 2.69. The number of nitrogens with one attached hydrogen (secondary N) is 1. The van der Waals surface area contributed by atoms with Gasteiger partial charge in [-0.1, -0.05) is 46.5 Å². The Labute approximate surface area is 116 Å². The summed E-state index contributed by atoms with van der Waals surface area (Å²) in [4.78, 5) is 26.0. The van der Waals surface area contributed by atoms with Crippen molar-refractivity contribution < 1.29 is 9.59 Å². The van der Waals surface area contributed by atoms with E-state index in [1.54, 1.807) is 11.8 Å². The van der Waals surface area contributed by atoms with E-state index in [4.69, 9.17) is 0 Å². The van der Waals surface area contributed by atoms with E-state index in [0.29, 0.717) is 6.54 Å². The lowest BCUT2D eigenvalue weighted by Crippen LogP contribution is -2.64. The number of piperazine rings is 1. The number of unbranched alkanes of at least 4 members (excludes halogenated alkanes) is 4. The first-order valence-electron chi connectivity index (χ1n) is 7.59. The number of carbonyl (C=O) groups excluding carboxylic acids is 2. The minimum atomic E-state index is -0.377. The molecule has 0 saturated carbocycles. The maximum absolute atomic E-state index is 12.2. The molecule has 1 aliphatic rings. The number of nitrogens with zero attached hydrogens (tertiary/aromatic N) is 1. The second-order valence-corrected chi connectivity index (χ2v) is 5.86. The zero-order valence-electron chi connectivity index (χ0n) is 12.7. The highest BCUT2D eigenvalue weighted by atomic mass is 16.2. The molecule has 1 heterocycles. The van der Waals surface area contributed by atoms with E-state index in [0.717, 1.165) is 12.8 Å². The number of carbonyl (C=O) groups is 2. The summed E-state index contributed by atoms with van der Waals surface area (Å²) in [6.45, 7) is 8.66. The average Bonchev–Trinajstić information content (AvgIpc) is 2.34. The van der Waals surface area contributed by atoms with Crippen molar-refractivity contribution in [1.29, 1.82) is 0 Å². The van der Waals surface area contributed by atoms with Gasteiger partial charge in [0.15, 0.2) is 0 Å². The van der Waals surface area contributed by atoms with Crippen LogP contribution in [0.5, 0.6) is 0 Å². The van der Waals surface area contributed by atoms with E-state index < -0.39 is 0 Å². The van der Waals surface area contributed by atoms with E-state index in [1.165, 1.54) is 19.3 Å². The summed E-state index contributed by atoms with van der Waals surface area (Å²) in [6, 6.07) is -0.673. The Hall–Kier alpha value is -1.06. The van der Waals surface area contributed by atoms with Gasteiger partial charge >= 0.3 is 0 Å². The molecule has 0 radical (unpaired) electrons. The number of hydrogen-bond donors (Lipinski definition) is 1. The van der Waals surface area contributed by atoms with Crippen LogP contribution in [0, 0.1) is 5.92 Å². The lowest BCUT2D eigenvalue weighted by Gasteiger charge is -2.40. The molecular weight excluding hydrogens is 240 g/mol. The lowest BCUT2D eigenvalue weighted by molar-refractivity contribution is -0.150. The zero-order chi connectivity index (χ0) is 14.4. The largest absolute Gasteiger partial charge is 0.343 e. The first-order chi connectivity index (χ1) is 8.99. The molecule has 1 saturated heterocycles.